The van der Waals surface area contributed by atoms with E-state index >= 15 is 0 Å². The van der Waals surface area contributed by atoms with Gasteiger partial charge in [0.15, 0.2) is 0 Å². The van der Waals surface area contributed by atoms with Crippen LogP contribution in [0.2, 0.25) is 0 Å². The first-order valence-electron chi connectivity index (χ1n) is 7.27. The molecule has 1 atom stereocenters. The molecule has 0 aliphatic heterocycles. The molecule has 0 amide bonds. The van der Waals surface area contributed by atoms with E-state index in [1.807, 2.05) is 36.4 Å². The van der Waals surface area contributed by atoms with Crippen LogP contribution in [0.4, 0.5) is 0 Å². The maximum Gasteiger partial charge on any atom is 0.122 e. The van der Waals surface area contributed by atoms with Crippen LogP contribution in [0.5, 0.6) is 5.75 Å². The van der Waals surface area contributed by atoms with Gasteiger partial charge in [0.1, 0.15) is 5.75 Å². The van der Waals surface area contributed by atoms with E-state index in [2.05, 4.69) is 32.0 Å². The molecule has 0 bridgehead atoms. The Hall–Kier alpha value is -2.27. The fourth-order valence-electron chi connectivity index (χ4n) is 2.46. The minimum Gasteiger partial charge on any atom is -0.496 e. The zero-order chi connectivity index (χ0) is 15.2. The van der Waals surface area contributed by atoms with Gasteiger partial charge in [-0.15, -0.1) is 0 Å². The van der Waals surface area contributed by atoms with Crippen molar-refractivity contribution >= 4 is 0 Å². The first-order chi connectivity index (χ1) is 10.2. The van der Waals surface area contributed by atoms with E-state index < -0.39 is 0 Å². The summed E-state index contributed by atoms with van der Waals surface area (Å²) in [7, 11) is 1.68. The van der Waals surface area contributed by atoms with E-state index in [1.165, 1.54) is 5.56 Å². The Morgan fingerprint density at radius 2 is 1.76 bits per heavy atom. The zero-order valence-corrected chi connectivity index (χ0v) is 12.8. The highest BCUT2D eigenvalue weighted by Gasteiger charge is 2.15. The molecule has 0 saturated carbocycles. The monoisotopic (exact) mass is 279 g/mol. The van der Waals surface area contributed by atoms with E-state index in [1.54, 1.807) is 7.11 Å². The van der Waals surface area contributed by atoms with Gasteiger partial charge < -0.3 is 4.74 Å². The summed E-state index contributed by atoms with van der Waals surface area (Å²) in [6, 6.07) is 18.6. The first-order valence-corrected chi connectivity index (χ1v) is 7.27. The van der Waals surface area contributed by atoms with Crippen LogP contribution in [0.25, 0.3) is 0 Å². The molecule has 108 valence electrons. The number of benzene rings is 2. The van der Waals surface area contributed by atoms with Gasteiger partial charge in [0, 0.05) is 0 Å². The Kier molecular flexibility index (Phi) is 5.00. The van der Waals surface area contributed by atoms with Gasteiger partial charge in [-0.25, -0.2) is 0 Å². The van der Waals surface area contributed by atoms with Crippen LogP contribution in [0, 0.1) is 11.3 Å². The molecule has 2 heteroatoms. The average molecular weight is 279 g/mol. The Morgan fingerprint density at radius 1 is 1.05 bits per heavy atom. The highest BCUT2D eigenvalue weighted by molar-refractivity contribution is 5.41. The SMILES string of the molecule is COc1ccc(C(C)C)cc1CC(C#N)c1ccccc1. The maximum atomic E-state index is 9.49. The summed E-state index contributed by atoms with van der Waals surface area (Å²) >= 11 is 0. The van der Waals surface area contributed by atoms with Crippen molar-refractivity contribution in [3.8, 4) is 11.8 Å². The normalized spacial score (nSPS) is 12.0. The molecule has 1 unspecified atom stereocenters. The third kappa shape index (κ3) is 3.64. The molecule has 0 N–H and O–H groups in total. The Bertz CT molecular complexity index is 626. The Labute approximate surface area is 127 Å². The van der Waals surface area contributed by atoms with E-state index in [0.717, 1.165) is 16.9 Å². The average Bonchev–Trinajstić information content (AvgIpc) is 2.53. The summed E-state index contributed by atoms with van der Waals surface area (Å²) in [6.45, 7) is 4.34. The van der Waals surface area contributed by atoms with Crippen molar-refractivity contribution < 1.29 is 4.74 Å². The van der Waals surface area contributed by atoms with Crippen molar-refractivity contribution in [3.05, 3.63) is 65.2 Å². The molecule has 2 nitrogen and oxygen atoms in total. The number of hydrogen-bond acceptors (Lipinski definition) is 2. The van der Waals surface area contributed by atoms with Gasteiger partial charge in [0.2, 0.25) is 0 Å². The molecule has 2 aromatic rings. The molecule has 0 saturated heterocycles. The largest absolute Gasteiger partial charge is 0.496 e. The van der Waals surface area contributed by atoms with Crippen LogP contribution in [0.1, 0.15) is 42.4 Å². The van der Waals surface area contributed by atoms with Crippen molar-refractivity contribution in [2.75, 3.05) is 7.11 Å². The highest BCUT2D eigenvalue weighted by Crippen LogP contribution is 2.29. The van der Waals surface area contributed by atoms with Gasteiger partial charge in [-0.3, -0.25) is 0 Å². The molecule has 0 aliphatic carbocycles. The second-order valence-corrected chi connectivity index (χ2v) is 5.52. The summed E-state index contributed by atoms with van der Waals surface area (Å²) in [5, 5.41) is 9.49. The molecular formula is C19H21NO. The lowest BCUT2D eigenvalue weighted by Gasteiger charge is -2.15. The quantitative estimate of drug-likeness (QED) is 0.797. The van der Waals surface area contributed by atoms with Crippen molar-refractivity contribution in [3.63, 3.8) is 0 Å². The molecule has 0 aromatic heterocycles. The zero-order valence-electron chi connectivity index (χ0n) is 12.8. The molecule has 0 fully saturated rings. The topological polar surface area (TPSA) is 33.0 Å². The van der Waals surface area contributed by atoms with Crippen molar-refractivity contribution in [1.82, 2.24) is 0 Å². The van der Waals surface area contributed by atoms with Gasteiger partial charge in [0.05, 0.1) is 19.1 Å². The number of hydrogen-bond donors (Lipinski definition) is 0. The third-order valence-corrected chi connectivity index (χ3v) is 3.75. The molecule has 21 heavy (non-hydrogen) atoms. The Balaban J connectivity index is 2.33. The van der Waals surface area contributed by atoms with E-state index in [0.29, 0.717) is 12.3 Å². The van der Waals surface area contributed by atoms with Crippen LogP contribution in [-0.2, 0) is 6.42 Å². The summed E-state index contributed by atoms with van der Waals surface area (Å²) in [5.74, 6) is 1.17. The van der Waals surface area contributed by atoms with Gasteiger partial charge >= 0.3 is 0 Å². The molecule has 0 spiro atoms. The van der Waals surface area contributed by atoms with Crippen molar-refractivity contribution in [2.45, 2.75) is 32.1 Å². The standard InChI is InChI=1S/C19H21NO/c1-14(2)16-9-10-19(21-3)17(11-16)12-18(13-20)15-7-5-4-6-8-15/h4-11,14,18H,12H2,1-3H3. The number of nitriles is 1. The fourth-order valence-corrected chi connectivity index (χ4v) is 2.46. The van der Waals surface area contributed by atoms with E-state index in [4.69, 9.17) is 4.74 Å². The smallest absolute Gasteiger partial charge is 0.122 e. The minimum atomic E-state index is -0.150. The molecular weight excluding hydrogens is 258 g/mol. The van der Waals surface area contributed by atoms with E-state index in [-0.39, 0.29) is 5.92 Å². The van der Waals surface area contributed by atoms with Crippen LogP contribution in [0.15, 0.2) is 48.5 Å². The third-order valence-electron chi connectivity index (χ3n) is 3.75. The van der Waals surface area contributed by atoms with Gasteiger partial charge in [-0.05, 0) is 35.1 Å². The summed E-state index contributed by atoms with van der Waals surface area (Å²) in [4.78, 5) is 0. The predicted octanol–water partition coefficient (Wildman–Crippen LogP) is 4.67. The van der Waals surface area contributed by atoms with Crippen molar-refractivity contribution in [1.29, 1.82) is 5.26 Å². The number of rotatable bonds is 5. The maximum absolute atomic E-state index is 9.49. The first kappa shape index (κ1) is 15.1. The minimum absolute atomic E-state index is 0.150. The Morgan fingerprint density at radius 3 is 2.33 bits per heavy atom. The van der Waals surface area contributed by atoms with Crippen molar-refractivity contribution in [2.24, 2.45) is 0 Å². The summed E-state index contributed by atoms with van der Waals surface area (Å²) in [5.41, 5.74) is 3.42. The second-order valence-electron chi connectivity index (χ2n) is 5.52. The second kappa shape index (κ2) is 6.95. The number of ether oxygens (including phenoxy) is 1. The highest BCUT2D eigenvalue weighted by atomic mass is 16.5. The summed E-state index contributed by atoms with van der Waals surface area (Å²) < 4.78 is 5.45. The number of nitrogens with zero attached hydrogens (tertiary/aromatic N) is 1. The van der Waals surface area contributed by atoms with Crippen LogP contribution in [-0.4, -0.2) is 7.11 Å². The molecule has 2 aromatic carbocycles. The number of methoxy groups -OCH3 is 1. The van der Waals surface area contributed by atoms with Gasteiger partial charge in [-0.1, -0.05) is 56.3 Å². The van der Waals surface area contributed by atoms with Gasteiger partial charge in [0.25, 0.3) is 0 Å². The van der Waals surface area contributed by atoms with Crippen LogP contribution < -0.4 is 4.74 Å². The molecule has 0 aliphatic rings. The lowest BCUT2D eigenvalue weighted by molar-refractivity contribution is 0.408. The van der Waals surface area contributed by atoms with Crippen LogP contribution in [0.3, 0.4) is 0 Å². The van der Waals surface area contributed by atoms with Crippen LogP contribution >= 0.6 is 0 Å². The lowest BCUT2D eigenvalue weighted by Crippen LogP contribution is -2.03. The van der Waals surface area contributed by atoms with Gasteiger partial charge in [-0.2, -0.15) is 5.26 Å². The molecule has 0 heterocycles. The fraction of sp³-hybridized carbons (Fsp3) is 0.316. The molecule has 0 radical (unpaired) electrons. The predicted molar refractivity (Wildman–Crippen MR) is 85.6 cm³/mol. The molecule has 2 rings (SSSR count). The van der Waals surface area contributed by atoms with E-state index in [9.17, 15) is 5.26 Å². The summed E-state index contributed by atoms with van der Waals surface area (Å²) in [6.07, 6.45) is 0.671. The lowest BCUT2D eigenvalue weighted by atomic mass is 9.90.